The van der Waals surface area contributed by atoms with Gasteiger partial charge in [0.1, 0.15) is 0 Å². The van der Waals surface area contributed by atoms with Crippen molar-refractivity contribution in [1.82, 2.24) is 0 Å². The van der Waals surface area contributed by atoms with Crippen LogP contribution < -0.4 is 0 Å². The van der Waals surface area contributed by atoms with Gasteiger partial charge in [-0.05, 0) is 30.2 Å². The summed E-state index contributed by atoms with van der Waals surface area (Å²) < 4.78 is 0. The molecule has 0 radical (unpaired) electrons. The maximum Gasteiger partial charge on any atom is 0.0130 e. The van der Waals surface area contributed by atoms with Crippen LogP contribution in [-0.4, -0.2) is 0 Å². The van der Waals surface area contributed by atoms with Crippen molar-refractivity contribution in [2.45, 2.75) is 18.8 Å². The van der Waals surface area contributed by atoms with Gasteiger partial charge in [0, 0.05) is 5.41 Å². The van der Waals surface area contributed by atoms with E-state index in [4.69, 9.17) is 0 Å². The molecule has 1 aromatic carbocycles. The largest absolute Gasteiger partial charge is 0.102 e. The van der Waals surface area contributed by atoms with Gasteiger partial charge in [-0.2, -0.15) is 0 Å². The van der Waals surface area contributed by atoms with Crippen LogP contribution in [0.1, 0.15) is 24.3 Å². The van der Waals surface area contributed by atoms with Crippen molar-refractivity contribution in [1.29, 1.82) is 0 Å². The van der Waals surface area contributed by atoms with E-state index in [-0.39, 0.29) is 5.41 Å². The van der Waals surface area contributed by atoms with Crippen LogP contribution in [0.4, 0.5) is 0 Å². The van der Waals surface area contributed by atoms with Crippen molar-refractivity contribution in [3.8, 4) is 0 Å². The number of allylic oxidation sites excluding steroid dienone is 5. The van der Waals surface area contributed by atoms with Gasteiger partial charge in [-0.3, -0.25) is 0 Å². The summed E-state index contributed by atoms with van der Waals surface area (Å²) in [4.78, 5) is 0. The van der Waals surface area contributed by atoms with E-state index in [1.807, 2.05) is 0 Å². The summed E-state index contributed by atoms with van der Waals surface area (Å²) in [5.41, 5.74) is 1.69. The molecule has 0 heteroatoms. The molecule has 3 atom stereocenters. The number of hydrogen-bond donors (Lipinski definition) is 0. The van der Waals surface area contributed by atoms with E-state index in [0.717, 1.165) is 18.3 Å². The zero-order chi connectivity index (χ0) is 11.7. The van der Waals surface area contributed by atoms with Crippen LogP contribution in [-0.2, 0) is 0 Å². The molecule has 1 fully saturated rings. The Balaban J connectivity index is 1.82. The highest BCUT2D eigenvalue weighted by Gasteiger charge is 2.49. The molecule has 17 heavy (non-hydrogen) atoms. The SMILES string of the molecule is C=CC1(C2CC2c2ccccc2)C=CC=CC1. The Hall–Kier alpha value is -1.56. The normalized spacial score (nSPS) is 34.6. The second-order valence-corrected chi connectivity index (χ2v) is 5.17. The summed E-state index contributed by atoms with van der Waals surface area (Å²) in [5, 5.41) is 0. The van der Waals surface area contributed by atoms with E-state index in [1.54, 1.807) is 0 Å². The number of benzene rings is 1. The molecular weight excluding hydrogens is 204 g/mol. The molecule has 0 N–H and O–H groups in total. The standard InChI is InChI=1S/C17H18/c1-2-17(11-7-4-8-12-17)16-13-15(16)14-9-5-3-6-10-14/h2-11,15-16H,1,12-13H2. The first kappa shape index (κ1) is 10.6. The molecule has 0 saturated heterocycles. The van der Waals surface area contributed by atoms with E-state index in [0.29, 0.717) is 0 Å². The molecule has 0 aromatic heterocycles. The smallest absolute Gasteiger partial charge is 0.0130 e. The molecule has 86 valence electrons. The van der Waals surface area contributed by atoms with Gasteiger partial charge in [-0.1, -0.05) is 60.7 Å². The molecular formula is C17H18. The minimum absolute atomic E-state index is 0.204. The molecule has 1 saturated carbocycles. The van der Waals surface area contributed by atoms with Crippen LogP contribution in [0.25, 0.3) is 0 Å². The summed E-state index contributed by atoms with van der Waals surface area (Å²) >= 11 is 0. The van der Waals surface area contributed by atoms with Gasteiger partial charge in [0.2, 0.25) is 0 Å². The molecule has 2 aliphatic rings. The lowest BCUT2D eigenvalue weighted by Gasteiger charge is -2.28. The molecule has 0 aliphatic heterocycles. The number of rotatable bonds is 3. The molecule has 3 rings (SSSR count). The number of hydrogen-bond acceptors (Lipinski definition) is 0. The van der Waals surface area contributed by atoms with Crippen LogP contribution in [0, 0.1) is 11.3 Å². The van der Waals surface area contributed by atoms with Crippen LogP contribution in [0.15, 0.2) is 67.3 Å². The monoisotopic (exact) mass is 222 g/mol. The quantitative estimate of drug-likeness (QED) is 0.661. The van der Waals surface area contributed by atoms with E-state index in [1.165, 1.54) is 12.0 Å². The maximum atomic E-state index is 4.06. The fourth-order valence-electron chi connectivity index (χ4n) is 3.09. The fourth-order valence-corrected chi connectivity index (χ4v) is 3.09. The van der Waals surface area contributed by atoms with Gasteiger partial charge in [0.25, 0.3) is 0 Å². The van der Waals surface area contributed by atoms with Gasteiger partial charge in [-0.25, -0.2) is 0 Å². The maximum absolute atomic E-state index is 4.06. The molecule has 0 spiro atoms. The van der Waals surface area contributed by atoms with Gasteiger partial charge in [0.05, 0.1) is 0 Å². The van der Waals surface area contributed by atoms with E-state index < -0.39 is 0 Å². The molecule has 0 nitrogen and oxygen atoms in total. The van der Waals surface area contributed by atoms with Crippen molar-refractivity contribution < 1.29 is 0 Å². The Kier molecular flexibility index (Phi) is 2.51. The predicted octanol–water partition coefficient (Wildman–Crippen LogP) is 4.48. The van der Waals surface area contributed by atoms with Crippen LogP contribution in [0.3, 0.4) is 0 Å². The van der Waals surface area contributed by atoms with Crippen molar-refractivity contribution in [3.63, 3.8) is 0 Å². The van der Waals surface area contributed by atoms with Crippen molar-refractivity contribution in [2.24, 2.45) is 11.3 Å². The Morgan fingerprint density at radius 1 is 1.18 bits per heavy atom. The third-order valence-corrected chi connectivity index (χ3v) is 4.21. The Bertz CT molecular complexity index is 466. The zero-order valence-electron chi connectivity index (χ0n) is 10.0. The third-order valence-electron chi connectivity index (χ3n) is 4.21. The average molecular weight is 222 g/mol. The van der Waals surface area contributed by atoms with Crippen molar-refractivity contribution in [2.75, 3.05) is 0 Å². The first-order chi connectivity index (χ1) is 8.36. The molecule has 1 aromatic rings. The van der Waals surface area contributed by atoms with Crippen molar-refractivity contribution in [3.05, 3.63) is 72.9 Å². The van der Waals surface area contributed by atoms with E-state index >= 15 is 0 Å². The Morgan fingerprint density at radius 3 is 2.65 bits per heavy atom. The first-order valence-corrected chi connectivity index (χ1v) is 6.39. The van der Waals surface area contributed by atoms with E-state index in [9.17, 15) is 0 Å². The molecule has 2 aliphatic carbocycles. The lowest BCUT2D eigenvalue weighted by atomic mass is 9.76. The first-order valence-electron chi connectivity index (χ1n) is 6.39. The summed E-state index contributed by atoms with van der Waals surface area (Å²) in [5.74, 6) is 1.47. The summed E-state index contributed by atoms with van der Waals surface area (Å²) in [6.45, 7) is 4.06. The van der Waals surface area contributed by atoms with Crippen molar-refractivity contribution >= 4 is 0 Å². The van der Waals surface area contributed by atoms with Crippen LogP contribution in [0.2, 0.25) is 0 Å². The van der Waals surface area contributed by atoms with E-state index in [2.05, 4.69) is 67.3 Å². The van der Waals surface area contributed by atoms with Gasteiger partial charge >= 0.3 is 0 Å². The Labute approximate surface area is 103 Å². The summed E-state index contributed by atoms with van der Waals surface area (Å²) in [6, 6.07) is 10.9. The van der Waals surface area contributed by atoms with Crippen LogP contribution >= 0.6 is 0 Å². The highest BCUT2D eigenvalue weighted by Crippen LogP contribution is 2.60. The van der Waals surface area contributed by atoms with Crippen LogP contribution in [0.5, 0.6) is 0 Å². The third kappa shape index (κ3) is 1.78. The summed E-state index contributed by atoms with van der Waals surface area (Å²) in [7, 11) is 0. The second-order valence-electron chi connectivity index (χ2n) is 5.17. The molecule has 0 heterocycles. The lowest BCUT2D eigenvalue weighted by Crippen LogP contribution is -2.19. The van der Waals surface area contributed by atoms with Gasteiger partial charge in [-0.15, -0.1) is 6.58 Å². The highest BCUT2D eigenvalue weighted by atomic mass is 14.5. The molecule has 0 amide bonds. The highest BCUT2D eigenvalue weighted by molar-refractivity contribution is 5.33. The molecule has 3 unspecified atom stereocenters. The minimum Gasteiger partial charge on any atom is -0.102 e. The van der Waals surface area contributed by atoms with Gasteiger partial charge in [0.15, 0.2) is 0 Å². The zero-order valence-corrected chi connectivity index (χ0v) is 10.0. The predicted molar refractivity (Wildman–Crippen MR) is 72.8 cm³/mol. The average Bonchev–Trinajstić information content (AvgIpc) is 3.21. The van der Waals surface area contributed by atoms with Gasteiger partial charge < -0.3 is 0 Å². The minimum atomic E-state index is 0.204. The molecule has 0 bridgehead atoms. The Morgan fingerprint density at radius 2 is 2.00 bits per heavy atom. The topological polar surface area (TPSA) is 0 Å². The lowest BCUT2D eigenvalue weighted by molar-refractivity contribution is 0.417. The second kappa shape index (κ2) is 4.03. The fraction of sp³-hybridized carbons (Fsp3) is 0.294. The summed E-state index contributed by atoms with van der Waals surface area (Å²) in [6.07, 6.45) is 13.5.